The number of nitrogen functional groups attached to an aromatic ring is 1. The third kappa shape index (κ3) is 3.93. The molecule has 38 heavy (non-hydrogen) atoms. The van der Waals surface area contributed by atoms with Gasteiger partial charge in [-0.2, -0.15) is 4.98 Å². The van der Waals surface area contributed by atoms with Crippen molar-refractivity contribution in [2.75, 3.05) is 39.1 Å². The van der Waals surface area contributed by atoms with Crippen LogP contribution in [0.25, 0.3) is 27.7 Å². The minimum absolute atomic E-state index is 0.00229. The number of hydrogen-bond donors (Lipinski definition) is 1. The van der Waals surface area contributed by atoms with E-state index < -0.39 is 30.4 Å². The van der Waals surface area contributed by atoms with Crippen LogP contribution in [0.5, 0.6) is 5.88 Å². The number of alkyl halides is 3. The molecule has 2 saturated heterocycles. The molecule has 2 aliphatic rings. The Morgan fingerprint density at radius 2 is 2.08 bits per heavy atom. The highest BCUT2D eigenvalue weighted by molar-refractivity contribution is 5.90. The lowest BCUT2D eigenvalue weighted by atomic mass is 9.88. The van der Waals surface area contributed by atoms with E-state index in [0.29, 0.717) is 36.4 Å². The van der Waals surface area contributed by atoms with E-state index in [2.05, 4.69) is 20.4 Å². The molecule has 5 heterocycles. The highest BCUT2D eigenvalue weighted by Crippen LogP contribution is 2.46. The Hall–Kier alpha value is -3.52. The van der Waals surface area contributed by atoms with Crippen LogP contribution in [-0.4, -0.2) is 86.0 Å². The Balaban J connectivity index is 1.53. The zero-order valence-corrected chi connectivity index (χ0v) is 20.7. The summed E-state index contributed by atoms with van der Waals surface area (Å²) in [6.45, 7) is 1.98. The fraction of sp³-hybridized carbons (Fsp3) is 0.500. The Labute approximate surface area is 214 Å². The van der Waals surface area contributed by atoms with E-state index in [1.807, 2.05) is 0 Å². The first kappa shape index (κ1) is 24.8. The average Bonchev–Trinajstić information content (AvgIpc) is 3.34. The van der Waals surface area contributed by atoms with Crippen LogP contribution in [0, 0.1) is 5.82 Å². The number of aromatic nitrogens is 6. The third-order valence-corrected chi connectivity index (χ3v) is 7.26. The lowest BCUT2D eigenvalue weighted by Gasteiger charge is -2.44. The quantitative estimate of drug-likeness (QED) is 0.376. The molecule has 0 bridgehead atoms. The molecule has 202 valence electrons. The molecule has 0 radical (unpaired) electrons. The van der Waals surface area contributed by atoms with E-state index in [1.165, 1.54) is 18.7 Å². The fourth-order valence-electron chi connectivity index (χ4n) is 5.38. The minimum Gasteiger partial charge on any atom is -0.479 e. The average molecular weight is 535 g/mol. The highest BCUT2D eigenvalue weighted by atomic mass is 19.3. The van der Waals surface area contributed by atoms with Crippen LogP contribution in [0.15, 0.2) is 18.2 Å². The van der Waals surface area contributed by atoms with E-state index in [0.717, 1.165) is 4.52 Å². The number of nitrogens with two attached hydrogens (primary N) is 1. The van der Waals surface area contributed by atoms with Crippen LogP contribution in [0.3, 0.4) is 0 Å². The Bertz CT molecular complexity index is 1520. The van der Waals surface area contributed by atoms with Gasteiger partial charge in [-0.25, -0.2) is 26.8 Å². The van der Waals surface area contributed by atoms with E-state index in [1.54, 1.807) is 23.1 Å². The summed E-state index contributed by atoms with van der Waals surface area (Å²) in [5.74, 6) is -5.90. The number of nitrogens with zero attached hydrogens (tertiary/aromatic N) is 7. The monoisotopic (exact) mass is 534 g/mol. The molecular formula is C24H26F4N8O2. The Kier molecular flexibility index (Phi) is 5.90. The van der Waals surface area contributed by atoms with Gasteiger partial charge in [0.25, 0.3) is 5.92 Å². The number of ether oxygens (including phenoxy) is 2. The number of piperidine rings is 1. The topological polar surface area (TPSA) is 109 Å². The zero-order chi connectivity index (χ0) is 26.8. The maximum Gasteiger partial charge on any atom is 0.268 e. The van der Waals surface area contributed by atoms with Crippen molar-refractivity contribution in [1.82, 2.24) is 34.5 Å². The van der Waals surface area contributed by atoms with Crippen molar-refractivity contribution in [2.24, 2.45) is 0 Å². The SMILES string of the molecule is COc1nc(N)nn2c([C@H]3CCN(C4COC4)CC3(F)F)c(F)c(-c3ccc4nnn(C[C@@H](C)F)c4c3)c12. The van der Waals surface area contributed by atoms with Crippen molar-refractivity contribution >= 4 is 22.5 Å². The second-order valence-corrected chi connectivity index (χ2v) is 9.83. The van der Waals surface area contributed by atoms with E-state index >= 15 is 13.2 Å². The molecule has 2 aliphatic heterocycles. The molecule has 4 aromatic rings. The van der Waals surface area contributed by atoms with Crippen molar-refractivity contribution in [3.05, 3.63) is 29.7 Å². The maximum atomic E-state index is 16.5. The van der Waals surface area contributed by atoms with Crippen LogP contribution in [0.4, 0.5) is 23.5 Å². The molecule has 2 N–H and O–H groups in total. The number of fused-ring (bicyclic) bond motifs is 2. The van der Waals surface area contributed by atoms with Gasteiger partial charge in [0.2, 0.25) is 11.8 Å². The zero-order valence-electron chi connectivity index (χ0n) is 20.7. The maximum absolute atomic E-state index is 16.5. The van der Waals surface area contributed by atoms with Crippen LogP contribution in [0.2, 0.25) is 0 Å². The summed E-state index contributed by atoms with van der Waals surface area (Å²) in [4.78, 5) is 5.76. The van der Waals surface area contributed by atoms with Gasteiger partial charge in [0.1, 0.15) is 17.2 Å². The van der Waals surface area contributed by atoms with Crippen molar-refractivity contribution < 1.29 is 27.0 Å². The summed E-state index contributed by atoms with van der Waals surface area (Å²) >= 11 is 0. The summed E-state index contributed by atoms with van der Waals surface area (Å²) in [6.07, 6.45) is -1.19. The van der Waals surface area contributed by atoms with Gasteiger partial charge in [-0.1, -0.05) is 11.3 Å². The van der Waals surface area contributed by atoms with Crippen molar-refractivity contribution in [1.29, 1.82) is 0 Å². The minimum atomic E-state index is -3.25. The van der Waals surface area contributed by atoms with Gasteiger partial charge in [-0.05, 0) is 37.6 Å². The van der Waals surface area contributed by atoms with Gasteiger partial charge in [-0.3, -0.25) is 4.90 Å². The normalized spacial score (nSPS) is 21.2. The molecule has 1 aromatic carbocycles. The number of benzene rings is 1. The van der Waals surface area contributed by atoms with E-state index in [4.69, 9.17) is 15.2 Å². The predicted octanol–water partition coefficient (Wildman–Crippen LogP) is 3.05. The largest absolute Gasteiger partial charge is 0.479 e. The summed E-state index contributed by atoms with van der Waals surface area (Å²) in [5.41, 5.74) is 6.89. The van der Waals surface area contributed by atoms with Gasteiger partial charge in [0.05, 0.1) is 62.1 Å². The van der Waals surface area contributed by atoms with Crippen LogP contribution >= 0.6 is 0 Å². The summed E-state index contributed by atoms with van der Waals surface area (Å²) in [5, 5.41) is 12.2. The molecule has 0 amide bonds. The van der Waals surface area contributed by atoms with Gasteiger partial charge in [0.15, 0.2) is 5.82 Å². The fourth-order valence-corrected chi connectivity index (χ4v) is 5.38. The number of rotatable bonds is 6. The van der Waals surface area contributed by atoms with Gasteiger partial charge >= 0.3 is 0 Å². The molecule has 14 heteroatoms. The number of hydrogen-bond acceptors (Lipinski definition) is 8. The number of anilines is 1. The Morgan fingerprint density at radius 3 is 2.74 bits per heavy atom. The molecule has 3 aromatic heterocycles. The molecule has 0 saturated carbocycles. The summed E-state index contributed by atoms with van der Waals surface area (Å²) in [7, 11) is 1.33. The van der Waals surface area contributed by atoms with Crippen molar-refractivity contribution in [2.45, 2.75) is 43.9 Å². The first-order valence-electron chi connectivity index (χ1n) is 12.3. The second-order valence-electron chi connectivity index (χ2n) is 9.83. The Morgan fingerprint density at radius 1 is 1.29 bits per heavy atom. The number of methoxy groups -OCH3 is 1. The van der Waals surface area contributed by atoms with Crippen molar-refractivity contribution in [3.8, 4) is 17.0 Å². The molecule has 0 aliphatic carbocycles. The molecule has 6 rings (SSSR count). The lowest BCUT2D eigenvalue weighted by Crippen LogP contribution is -2.57. The van der Waals surface area contributed by atoms with Crippen LogP contribution in [-0.2, 0) is 11.3 Å². The van der Waals surface area contributed by atoms with Gasteiger partial charge < -0.3 is 15.2 Å². The molecule has 0 unspecified atom stereocenters. The molecular weight excluding hydrogens is 508 g/mol. The predicted molar refractivity (Wildman–Crippen MR) is 129 cm³/mol. The summed E-state index contributed by atoms with van der Waals surface area (Å²) in [6, 6.07) is 4.72. The van der Waals surface area contributed by atoms with Gasteiger partial charge in [0, 0.05) is 0 Å². The molecule has 10 nitrogen and oxygen atoms in total. The number of halogens is 4. The smallest absolute Gasteiger partial charge is 0.268 e. The van der Waals surface area contributed by atoms with Gasteiger partial charge in [-0.15, -0.1) is 10.2 Å². The van der Waals surface area contributed by atoms with Crippen LogP contribution < -0.4 is 10.5 Å². The number of likely N-dealkylation sites (tertiary alicyclic amines) is 1. The third-order valence-electron chi connectivity index (χ3n) is 7.26. The van der Waals surface area contributed by atoms with Crippen molar-refractivity contribution in [3.63, 3.8) is 0 Å². The summed E-state index contributed by atoms with van der Waals surface area (Å²) < 4.78 is 74.5. The second kappa shape index (κ2) is 9.05. The molecule has 2 fully saturated rings. The highest BCUT2D eigenvalue weighted by Gasteiger charge is 2.50. The first-order valence-corrected chi connectivity index (χ1v) is 12.3. The van der Waals surface area contributed by atoms with E-state index in [9.17, 15) is 4.39 Å². The van der Waals surface area contributed by atoms with Crippen LogP contribution in [0.1, 0.15) is 25.0 Å². The van der Waals surface area contributed by atoms with E-state index in [-0.39, 0.29) is 47.6 Å². The lowest BCUT2D eigenvalue weighted by molar-refractivity contribution is -0.137. The first-order chi connectivity index (χ1) is 18.2. The molecule has 0 spiro atoms. The molecule has 2 atom stereocenters. The standard InChI is InChI=1S/C24H26F4N8O2/c1-12(25)8-35-17-7-13(3-4-16(17)31-33-35)18-19(26)20(36-21(18)22(37-2)30-23(29)32-36)15-5-6-34(11-24(15,27)28)14-9-38-10-14/h3-4,7,12,14-15H,5-6,8-11H2,1-2H3,(H2,29,32)/t12-,15-/m1/s1.